The number of amides is 3. The summed E-state index contributed by atoms with van der Waals surface area (Å²) in [6.07, 6.45) is -0.0728. The molecule has 1 aliphatic rings. The van der Waals surface area contributed by atoms with Gasteiger partial charge in [0, 0.05) is 13.0 Å². The summed E-state index contributed by atoms with van der Waals surface area (Å²) in [5.41, 5.74) is 2.43. The number of nitrogens with one attached hydrogen (secondary N) is 1. The number of imide groups is 1. The van der Waals surface area contributed by atoms with Crippen molar-refractivity contribution in [3.05, 3.63) is 29.3 Å². The number of carbonyl (C=O) groups is 3. The average molecular weight is 322 g/mol. The van der Waals surface area contributed by atoms with Gasteiger partial charge in [-0.1, -0.05) is 12.1 Å². The largest absolute Gasteiger partial charge is 0.395 e. The van der Waals surface area contributed by atoms with Crippen LogP contribution in [0.25, 0.3) is 0 Å². The van der Waals surface area contributed by atoms with E-state index >= 15 is 0 Å². The Morgan fingerprint density at radius 3 is 2.77 bits per heavy atom. The van der Waals surface area contributed by atoms with Crippen LogP contribution in [0.5, 0.6) is 0 Å². The molecule has 1 aromatic rings. The van der Waals surface area contributed by atoms with Crippen LogP contribution < -0.4 is 10.2 Å². The average Bonchev–Trinajstić information content (AvgIpc) is 2.74. The van der Waals surface area contributed by atoms with Crippen LogP contribution in [0.1, 0.15) is 17.5 Å². The number of carbonyl (C=O) groups excluding carboxylic acids is 3. The second-order valence-corrected chi connectivity index (χ2v) is 6.20. The molecule has 0 spiro atoms. The molecule has 0 aromatic heterocycles. The van der Waals surface area contributed by atoms with Crippen molar-refractivity contribution >= 4 is 34.5 Å². The van der Waals surface area contributed by atoms with Gasteiger partial charge in [0.15, 0.2) is 0 Å². The van der Waals surface area contributed by atoms with Crippen molar-refractivity contribution in [2.75, 3.05) is 18.1 Å². The van der Waals surface area contributed by atoms with E-state index in [2.05, 4.69) is 5.32 Å². The maximum Gasteiger partial charge on any atom is 0.293 e. The lowest BCUT2D eigenvalue weighted by molar-refractivity contribution is -0.124. The fourth-order valence-corrected chi connectivity index (χ4v) is 3.20. The van der Waals surface area contributed by atoms with E-state index < -0.39 is 5.25 Å². The number of anilines is 1. The van der Waals surface area contributed by atoms with E-state index in [0.717, 1.165) is 27.8 Å². The minimum atomic E-state index is -0.717. The lowest BCUT2D eigenvalue weighted by Gasteiger charge is -2.17. The Kier molecular flexibility index (Phi) is 5.20. The summed E-state index contributed by atoms with van der Waals surface area (Å²) in [6.45, 7) is 3.75. The first-order valence-electron chi connectivity index (χ1n) is 6.94. The van der Waals surface area contributed by atoms with Gasteiger partial charge in [0.1, 0.15) is 5.25 Å². The maximum atomic E-state index is 12.4. The molecule has 1 atom stereocenters. The lowest BCUT2D eigenvalue weighted by Crippen LogP contribution is -2.35. The van der Waals surface area contributed by atoms with Crippen LogP contribution in [-0.4, -0.2) is 40.6 Å². The van der Waals surface area contributed by atoms with E-state index in [9.17, 15) is 14.4 Å². The molecule has 6 nitrogen and oxygen atoms in total. The van der Waals surface area contributed by atoms with Gasteiger partial charge in [-0.15, -0.1) is 0 Å². The highest BCUT2D eigenvalue weighted by Crippen LogP contribution is 2.35. The minimum Gasteiger partial charge on any atom is -0.395 e. The van der Waals surface area contributed by atoms with E-state index in [1.807, 2.05) is 19.9 Å². The maximum absolute atomic E-state index is 12.4. The molecule has 1 aromatic carbocycles. The summed E-state index contributed by atoms with van der Waals surface area (Å²) in [4.78, 5) is 37.4. The van der Waals surface area contributed by atoms with E-state index in [1.54, 1.807) is 12.1 Å². The van der Waals surface area contributed by atoms with Crippen molar-refractivity contribution in [2.24, 2.45) is 0 Å². The van der Waals surface area contributed by atoms with Gasteiger partial charge in [-0.05, 0) is 42.8 Å². The van der Waals surface area contributed by atoms with E-state index in [0.29, 0.717) is 5.69 Å². The highest BCUT2D eigenvalue weighted by atomic mass is 32.2. The summed E-state index contributed by atoms with van der Waals surface area (Å²) in [7, 11) is 0. The molecule has 1 unspecified atom stereocenters. The number of aliphatic hydroxyl groups excluding tert-OH is 1. The van der Waals surface area contributed by atoms with E-state index in [-0.39, 0.29) is 36.6 Å². The molecule has 2 rings (SSSR count). The predicted molar refractivity (Wildman–Crippen MR) is 84.9 cm³/mol. The molecule has 7 heteroatoms. The normalized spacial score (nSPS) is 18.0. The summed E-state index contributed by atoms with van der Waals surface area (Å²) in [5.74, 6) is -0.724. The predicted octanol–water partition coefficient (Wildman–Crippen LogP) is 1.37. The monoisotopic (exact) mass is 322 g/mol. The van der Waals surface area contributed by atoms with Crippen molar-refractivity contribution < 1.29 is 19.5 Å². The van der Waals surface area contributed by atoms with Gasteiger partial charge in [-0.25, -0.2) is 4.90 Å². The van der Waals surface area contributed by atoms with Crippen molar-refractivity contribution in [1.82, 2.24) is 5.32 Å². The van der Waals surface area contributed by atoms with Crippen molar-refractivity contribution in [1.29, 1.82) is 0 Å². The molecule has 118 valence electrons. The molecule has 0 bridgehead atoms. The van der Waals surface area contributed by atoms with Crippen LogP contribution in [0, 0.1) is 13.8 Å². The highest BCUT2D eigenvalue weighted by Gasteiger charge is 2.42. The third-order valence-corrected chi connectivity index (χ3v) is 4.58. The number of aliphatic hydroxyl groups is 1. The Morgan fingerprint density at radius 2 is 2.09 bits per heavy atom. The van der Waals surface area contributed by atoms with Crippen molar-refractivity contribution in [2.45, 2.75) is 25.5 Å². The van der Waals surface area contributed by atoms with Crippen LogP contribution >= 0.6 is 11.8 Å². The Bertz CT molecular complexity index is 618. The number of thioether (sulfide) groups is 1. The van der Waals surface area contributed by atoms with Crippen LogP contribution in [-0.2, 0) is 9.59 Å². The van der Waals surface area contributed by atoms with E-state index in [1.165, 1.54) is 0 Å². The molecular formula is C15H18N2O4S. The zero-order chi connectivity index (χ0) is 16.3. The molecule has 1 heterocycles. The SMILES string of the molecule is Cc1cccc(N2C(=O)SC(CC(=O)NCCO)C2=O)c1C. The topological polar surface area (TPSA) is 86.7 Å². The molecule has 2 N–H and O–H groups in total. The number of nitrogens with zero attached hydrogens (tertiary/aromatic N) is 1. The van der Waals surface area contributed by atoms with Gasteiger partial charge < -0.3 is 10.4 Å². The smallest absolute Gasteiger partial charge is 0.293 e. The fraction of sp³-hybridized carbons (Fsp3) is 0.400. The molecule has 0 saturated carbocycles. The first-order chi connectivity index (χ1) is 10.5. The van der Waals surface area contributed by atoms with Crippen molar-refractivity contribution in [3.63, 3.8) is 0 Å². The Labute approximate surface area is 132 Å². The number of aryl methyl sites for hydroxylation is 1. The summed E-state index contributed by atoms with van der Waals surface area (Å²) in [5, 5.41) is 10.1. The van der Waals surface area contributed by atoms with Crippen molar-refractivity contribution in [3.8, 4) is 0 Å². The van der Waals surface area contributed by atoms with E-state index in [4.69, 9.17) is 5.11 Å². The number of rotatable bonds is 5. The zero-order valence-corrected chi connectivity index (χ0v) is 13.3. The summed E-state index contributed by atoms with van der Waals surface area (Å²) in [6, 6.07) is 5.44. The lowest BCUT2D eigenvalue weighted by atomic mass is 10.1. The van der Waals surface area contributed by atoms with Gasteiger partial charge >= 0.3 is 0 Å². The zero-order valence-electron chi connectivity index (χ0n) is 12.5. The molecule has 1 aliphatic heterocycles. The van der Waals surface area contributed by atoms with Crippen LogP contribution in [0.4, 0.5) is 10.5 Å². The summed E-state index contributed by atoms with van der Waals surface area (Å²) >= 11 is 0.867. The fourth-order valence-electron chi connectivity index (χ4n) is 2.22. The second kappa shape index (κ2) is 6.93. The van der Waals surface area contributed by atoms with Gasteiger partial charge in [0.25, 0.3) is 5.24 Å². The highest BCUT2D eigenvalue weighted by molar-refractivity contribution is 8.15. The molecule has 0 aliphatic carbocycles. The number of hydrogen-bond donors (Lipinski definition) is 2. The third-order valence-electron chi connectivity index (χ3n) is 3.54. The first-order valence-corrected chi connectivity index (χ1v) is 7.82. The van der Waals surface area contributed by atoms with Crippen LogP contribution in [0.2, 0.25) is 0 Å². The van der Waals surface area contributed by atoms with Gasteiger partial charge in [0.2, 0.25) is 11.8 Å². The van der Waals surface area contributed by atoms with Gasteiger partial charge in [-0.3, -0.25) is 14.4 Å². The van der Waals surface area contributed by atoms with Crippen LogP contribution in [0.15, 0.2) is 18.2 Å². The number of hydrogen-bond acceptors (Lipinski definition) is 5. The molecule has 3 amide bonds. The van der Waals surface area contributed by atoms with Gasteiger partial charge in [0.05, 0.1) is 12.3 Å². The Morgan fingerprint density at radius 1 is 1.36 bits per heavy atom. The minimum absolute atomic E-state index is 0.0728. The second-order valence-electron chi connectivity index (χ2n) is 5.04. The molecule has 1 saturated heterocycles. The first kappa shape index (κ1) is 16.5. The molecule has 1 fully saturated rings. The Balaban J connectivity index is 2.15. The molecule has 22 heavy (non-hydrogen) atoms. The molecule has 0 radical (unpaired) electrons. The quantitative estimate of drug-likeness (QED) is 0.855. The standard InChI is InChI=1S/C15H18N2O4S/c1-9-4-3-5-11(10(9)2)17-14(20)12(22-15(17)21)8-13(19)16-6-7-18/h3-5,12,18H,6-8H2,1-2H3,(H,16,19). The summed E-state index contributed by atoms with van der Waals surface area (Å²) < 4.78 is 0. The Hall–Kier alpha value is -1.86. The molecular weight excluding hydrogens is 304 g/mol. The van der Waals surface area contributed by atoms with Gasteiger partial charge in [-0.2, -0.15) is 0 Å². The number of benzene rings is 1. The van der Waals surface area contributed by atoms with Crippen LogP contribution in [0.3, 0.4) is 0 Å². The third kappa shape index (κ3) is 3.31.